The van der Waals surface area contributed by atoms with Gasteiger partial charge in [0, 0.05) is 36.3 Å². The maximum Gasteiger partial charge on any atom is 0.323 e. The molecule has 2 N–H and O–H groups in total. The van der Waals surface area contributed by atoms with E-state index in [9.17, 15) is 9.59 Å². The number of ether oxygens (including phenoxy) is 1. The summed E-state index contributed by atoms with van der Waals surface area (Å²) in [5.41, 5.74) is 5.08. The van der Waals surface area contributed by atoms with Crippen LogP contribution in [0.1, 0.15) is 46.4 Å². The van der Waals surface area contributed by atoms with Gasteiger partial charge in [-0.3, -0.25) is 19.4 Å². The zero-order valence-corrected chi connectivity index (χ0v) is 21.4. The number of aromatic nitrogens is 1. The van der Waals surface area contributed by atoms with Crippen molar-refractivity contribution in [2.24, 2.45) is 0 Å². The molecule has 2 fully saturated rings. The number of aromatic amines is 1. The van der Waals surface area contributed by atoms with Gasteiger partial charge < -0.3 is 15.0 Å². The maximum absolute atomic E-state index is 13.3. The maximum atomic E-state index is 13.3. The van der Waals surface area contributed by atoms with Crippen LogP contribution in [0.2, 0.25) is 0 Å². The van der Waals surface area contributed by atoms with Crippen LogP contribution in [0.5, 0.6) is 0 Å². The number of fused-ring (bicyclic) bond motifs is 1. The van der Waals surface area contributed by atoms with Crippen LogP contribution in [-0.4, -0.2) is 71.5 Å². The largest absolute Gasteiger partial charge is 0.468 e. The van der Waals surface area contributed by atoms with Crippen molar-refractivity contribution in [1.29, 1.82) is 0 Å². The number of likely N-dealkylation sites (tertiary alicyclic amines) is 2. The molecule has 0 saturated carbocycles. The lowest BCUT2D eigenvalue weighted by Gasteiger charge is -2.38. The van der Waals surface area contributed by atoms with Gasteiger partial charge in [-0.1, -0.05) is 42.5 Å². The Morgan fingerprint density at radius 3 is 2.53 bits per heavy atom. The summed E-state index contributed by atoms with van der Waals surface area (Å²) >= 11 is 0. The zero-order chi connectivity index (χ0) is 25.2. The van der Waals surface area contributed by atoms with Crippen molar-refractivity contribution in [1.82, 2.24) is 20.1 Å². The van der Waals surface area contributed by atoms with Gasteiger partial charge in [-0.05, 0) is 63.4 Å². The van der Waals surface area contributed by atoms with E-state index in [0.717, 1.165) is 54.6 Å². The van der Waals surface area contributed by atoms with Crippen LogP contribution in [0.3, 0.4) is 0 Å². The standard InChI is InChI=1S/C29H36N4O3/c1-19-20(2)30-27-24(19)10-7-11-25(27)28(34)31-22-16-26(29(35)36-3)33(18-22)23-12-14-32(15-13-23)17-21-8-5-4-6-9-21/h4-11,22-23,26,30H,12-18H2,1-3H3,(H,31,34)/t22-,26+/m1/s1. The van der Waals surface area contributed by atoms with Crippen molar-refractivity contribution in [2.45, 2.75) is 57.8 Å². The van der Waals surface area contributed by atoms with E-state index in [-0.39, 0.29) is 24.0 Å². The van der Waals surface area contributed by atoms with Crippen LogP contribution < -0.4 is 5.32 Å². The van der Waals surface area contributed by atoms with Gasteiger partial charge >= 0.3 is 5.97 Å². The molecule has 2 aromatic carbocycles. The number of amides is 1. The van der Waals surface area contributed by atoms with E-state index in [0.29, 0.717) is 24.6 Å². The number of nitrogens with zero attached hydrogens (tertiary/aromatic N) is 2. The molecule has 190 valence electrons. The van der Waals surface area contributed by atoms with Crippen LogP contribution in [-0.2, 0) is 16.1 Å². The van der Waals surface area contributed by atoms with Gasteiger partial charge in [0.2, 0.25) is 0 Å². The van der Waals surface area contributed by atoms with Gasteiger partial charge in [0.05, 0.1) is 18.2 Å². The molecule has 0 bridgehead atoms. The topological polar surface area (TPSA) is 77.7 Å². The minimum Gasteiger partial charge on any atom is -0.468 e. The van der Waals surface area contributed by atoms with E-state index in [2.05, 4.69) is 51.3 Å². The number of hydrogen-bond donors (Lipinski definition) is 2. The van der Waals surface area contributed by atoms with Crippen molar-refractivity contribution in [3.63, 3.8) is 0 Å². The second-order valence-corrected chi connectivity index (χ2v) is 10.2. The van der Waals surface area contributed by atoms with Gasteiger partial charge in [0.15, 0.2) is 0 Å². The van der Waals surface area contributed by atoms with E-state index < -0.39 is 0 Å². The van der Waals surface area contributed by atoms with Crippen LogP contribution in [0.15, 0.2) is 48.5 Å². The van der Waals surface area contributed by atoms with Gasteiger partial charge in [0.1, 0.15) is 6.04 Å². The molecular formula is C29H36N4O3. The van der Waals surface area contributed by atoms with Crippen molar-refractivity contribution in [3.05, 3.63) is 70.9 Å². The number of nitrogens with one attached hydrogen (secondary N) is 2. The Morgan fingerprint density at radius 1 is 1.06 bits per heavy atom. The highest BCUT2D eigenvalue weighted by atomic mass is 16.5. The molecule has 7 heteroatoms. The van der Waals surface area contributed by atoms with Gasteiger partial charge in [0.25, 0.3) is 5.91 Å². The smallest absolute Gasteiger partial charge is 0.323 e. The second-order valence-electron chi connectivity index (χ2n) is 10.2. The Kier molecular flexibility index (Phi) is 7.12. The van der Waals surface area contributed by atoms with Gasteiger partial charge in [-0.2, -0.15) is 0 Å². The molecule has 0 aliphatic carbocycles. The zero-order valence-electron chi connectivity index (χ0n) is 21.4. The minimum atomic E-state index is -0.322. The number of H-pyrrole nitrogens is 1. The van der Waals surface area contributed by atoms with E-state index in [1.54, 1.807) is 0 Å². The molecule has 5 rings (SSSR count). The Labute approximate surface area is 212 Å². The summed E-state index contributed by atoms with van der Waals surface area (Å²) in [5.74, 6) is -0.314. The molecule has 2 aliphatic heterocycles. The number of carbonyl (C=O) groups excluding carboxylic acids is 2. The molecule has 1 amide bonds. The fourth-order valence-corrected chi connectivity index (χ4v) is 5.92. The number of carbonyl (C=O) groups is 2. The highest BCUT2D eigenvalue weighted by molar-refractivity contribution is 6.06. The molecular weight excluding hydrogens is 452 g/mol. The second kappa shape index (κ2) is 10.4. The minimum absolute atomic E-state index is 0.101. The van der Waals surface area contributed by atoms with Crippen LogP contribution >= 0.6 is 0 Å². The lowest BCUT2D eigenvalue weighted by molar-refractivity contribution is -0.147. The van der Waals surface area contributed by atoms with Gasteiger partial charge in [-0.25, -0.2) is 0 Å². The summed E-state index contributed by atoms with van der Waals surface area (Å²) in [7, 11) is 1.45. The molecule has 2 saturated heterocycles. The Hall–Kier alpha value is -3.16. The number of hydrogen-bond acceptors (Lipinski definition) is 5. The SMILES string of the molecule is COC(=O)[C@@H]1C[C@@H](NC(=O)c2cccc3c(C)c(C)[nH]c23)CN1C1CCN(Cc2ccccc2)CC1. The number of piperidine rings is 1. The average molecular weight is 489 g/mol. The molecule has 7 nitrogen and oxygen atoms in total. The van der Waals surface area contributed by atoms with E-state index in [1.807, 2.05) is 31.2 Å². The van der Waals surface area contributed by atoms with Crippen LogP contribution in [0.4, 0.5) is 0 Å². The predicted octanol–water partition coefficient (Wildman–Crippen LogP) is 3.80. The van der Waals surface area contributed by atoms with Gasteiger partial charge in [-0.15, -0.1) is 0 Å². The summed E-state index contributed by atoms with van der Waals surface area (Å²) in [6, 6.07) is 16.3. The van der Waals surface area contributed by atoms with E-state index in [4.69, 9.17) is 4.74 Å². The average Bonchev–Trinajstić information content (AvgIpc) is 3.45. The predicted molar refractivity (Wildman–Crippen MR) is 141 cm³/mol. The third kappa shape index (κ3) is 4.90. The number of methoxy groups -OCH3 is 1. The molecule has 0 radical (unpaired) electrons. The van der Waals surface area contributed by atoms with Crippen molar-refractivity contribution in [3.8, 4) is 0 Å². The lowest BCUT2D eigenvalue weighted by Crippen LogP contribution is -2.49. The highest BCUT2D eigenvalue weighted by Crippen LogP contribution is 2.29. The molecule has 0 spiro atoms. The number of esters is 1. The van der Waals surface area contributed by atoms with Crippen LogP contribution in [0, 0.1) is 13.8 Å². The first-order valence-corrected chi connectivity index (χ1v) is 12.9. The lowest BCUT2D eigenvalue weighted by atomic mass is 10.0. The summed E-state index contributed by atoms with van der Waals surface area (Å²) in [6.07, 6.45) is 2.57. The van der Waals surface area contributed by atoms with E-state index >= 15 is 0 Å². The first-order chi connectivity index (χ1) is 17.4. The van der Waals surface area contributed by atoms with Crippen molar-refractivity contribution < 1.29 is 14.3 Å². The van der Waals surface area contributed by atoms with E-state index in [1.165, 1.54) is 12.7 Å². The normalized spacial score (nSPS) is 21.6. The summed E-state index contributed by atoms with van der Waals surface area (Å²) < 4.78 is 5.16. The number of benzene rings is 2. The molecule has 1 aromatic heterocycles. The molecule has 3 heterocycles. The number of para-hydroxylation sites is 1. The number of aryl methyl sites for hydroxylation is 2. The fourth-order valence-electron chi connectivity index (χ4n) is 5.92. The fraction of sp³-hybridized carbons (Fsp3) is 0.448. The molecule has 36 heavy (non-hydrogen) atoms. The summed E-state index contributed by atoms with van der Waals surface area (Å²) in [6.45, 7) is 7.70. The summed E-state index contributed by atoms with van der Waals surface area (Å²) in [5, 5.41) is 4.29. The molecule has 2 atom stereocenters. The molecule has 0 unspecified atom stereocenters. The quantitative estimate of drug-likeness (QED) is 0.516. The highest BCUT2D eigenvalue weighted by Gasteiger charge is 2.42. The monoisotopic (exact) mass is 488 g/mol. The Balaban J connectivity index is 1.25. The Bertz CT molecular complexity index is 1230. The van der Waals surface area contributed by atoms with Crippen molar-refractivity contribution >= 4 is 22.8 Å². The number of rotatable bonds is 6. The Morgan fingerprint density at radius 2 is 1.81 bits per heavy atom. The third-order valence-electron chi connectivity index (χ3n) is 8.01. The third-order valence-corrected chi connectivity index (χ3v) is 8.01. The molecule has 3 aromatic rings. The van der Waals surface area contributed by atoms with Crippen molar-refractivity contribution in [2.75, 3.05) is 26.7 Å². The summed E-state index contributed by atoms with van der Waals surface area (Å²) in [4.78, 5) is 34.1. The van der Waals surface area contributed by atoms with Crippen LogP contribution in [0.25, 0.3) is 10.9 Å². The molecule has 2 aliphatic rings. The first kappa shape index (κ1) is 24.5. The first-order valence-electron chi connectivity index (χ1n) is 12.9.